The van der Waals surface area contributed by atoms with Crippen LogP contribution >= 0.6 is 0 Å². The monoisotopic (exact) mass is 297 g/mol. The maximum atomic E-state index is 12.6. The molecule has 0 spiro atoms. The summed E-state index contributed by atoms with van der Waals surface area (Å²) in [4.78, 5) is 22.9. The van der Waals surface area contributed by atoms with Crippen LogP contribution in [0.1, 0.15) is 41.6 Å². The number of carbonyl (C=O) groups excluding carboxylic acids is 1. The van der Waals surface area contributed by atoms with Crippen molar-refractivity contribution >= 4 is 11.6 Å². The molecule has 3 aromatic heterocycles. The summed E-state index contributed by atoms with van der Waals surface area (Å²) in [5.41, 5.74) is 1.68. The largest absolute Gasteiger partial charge is 0.438 e. The number of hydrogen-bond donors (Lipinski definition) is 0. The van der Waals surface area contributed by atoms with Gasteiger partial charge in [0.05, 0.1) is 24.1 Å². The summed E-state index contributed by atoms with van der Waals surface area (Å²) in [6.45, 7) is 0.705. The van der Waals surface area contributed by atoms with Gasteiger partial charge in [-0.05, 0) is 25.3 Å². The highest BCUT2D eigenvalue weighted by Crippen LogP contribution is 2.31. The van der Waals surface area contributed by atoms with Gasteiger partial charge in [0.1, 0.15) is 0 Å². The van der Waals surface area contributed by atoms with Gasteiger partial charge < -0.3 is 9.32 Å². The van der Waals surface area contributed by atoms with Gasteiger partial charge in [-0.15, -0.1) is 0 Å². The molecular formula is C15H15N5O2. The van der Waals surface area contributed by atoms with Gasteiger partial charge >= 0.3 is 0 Å². The number of fused-ring (bicyclic) bond motifs is 1. The normalized spacial score (nSPS) is 18.7. The standard InChI is InChI=1S/C15H15N5O2/c21-15(13-9-16-10-22-13)19-7-2-1-3-12(19)11-5-8-20-14(18-11)4-6-17-20/h4-6,8-10,12H,1-3,7H2/t12-/m0/s1. The zero-order valence-electron chi connectivity index (χ0n) is 11.9. The van der Waals surface area contributed by atoms with E-state index in [1.807, 2.05) is 23.2 Å². The summed E-state index contributed by atoms with van der Waals surface area (Å²) < 4.78 is 6.87. The molecule has 0 aliphatic carbocycles. The van der Waals surface area contributed by atoms with Gasteiger partial charge in [-0.3, -0.25) is 4.79 Å². The number of rotatable bonds is 2. The van der Waals surface area contributed by atoms with Gasteiger partial charge in [0, 0.05) is 18.8 Å². The van der Waals surface area contributed by atoms with Crippen molar-refractivity contribution in [3.05, 3.63) is 48.6 Å². The van der Waals surface area contributed by atoms with Gasteiger partial charge in [-0.1, -0.05) is 0 Å². The fourth-order valence-electron chi connectivity index (χ4n) is 2.96. The van der Waals surface area contributed by atoms with Crippen LogP contribution in [0.2, 0.25) is 0 Å². The van der Waals surface area contributed by atoms with Gasteiger partial charge in [0.15, 0.2) is 12.0 Å². The van der Waals surface area contributed by atoms with E-state index >= 15 is 0 Å². The van der Waals surface area contributed by atoms with E-state index in [1.165, 1.54) is 12.6 Å². The number of carbonyl (C=O) groups is 1. The molecule has 0 radical (unpaired) electrons. The Balaban J connectivity index is 1.69. The molecule has 1 fully saturated rings. The Labute approximate surface area is 126 Å². The van der Waals surface area contributed by atoms with Crippen LogP contribution in [0, 0.1) is 0 Å². The second kappa shape index (κ2) is 5.25. The third-order valence-electron chi connectivity index (χ3n) is 4.03. The molecule has 0 saturated carbocycles. The molecule has 1 amide bonds. The second-order valence-electron chi connectivity index (χ2n) is 5.36. The van der Waals surface area contributed by atoms with E-state index in [0.717, 1.165) is 30.6 Å². The molecule has 1 aliphatic heterocycles. The van der Waals surface area contributed by atoms with E-state index in [1.54, 1.807) is 10.7 Å². The fraction of sp³-hybridized carbons (Fsp3) is 0.333. The van der Waals surface area contributed by atoms with E-state index in [9.17, 15) is 4.79 Å². The first-order chi connectivity index (χ1) is 10.8. The van der Waals surface area contributed by atoms with Crippen LogP contribution in [-0.4, -0.2) is 36.9 Å². The van der Waals surface area contributed by atoms with Crippen molar-refractivity contribution < 1.29 is 9.21 Å². The highest BCUT2D eigenvalue weighted by molar-refractivity contribution is 5.91. The third-order valence-corrected chi connectivity index (χ3v) is 4.03. The van der Waals surface area contributed by atoms with Crippen molar-refractivity contribution in [2.24, 2.45) is 0 Å². The van der Waals surface area contributed by atoms with Crippen LogP contribution in [0.5, 0.6) is 0 Å². The molecule has 112 valence electrons. The number of likely N-dealkylation sites (tertiary alicyclic amines) is 1. The maximum absolute atomic E-state index is 12.6. The number of nitrogens with zero attached hydrogens (tertiary/aromatic N) is 5. The molecule has 7 nitrogen and oxygen atoms in total. The topological polar surface area (TPSA) is 76.5 Å². The Bertz CT molecular complexity index is 795. The van der Waals surface area contributed by atoms with Crippen LogP contribution in [-0.2, 0) is 0 Å². The average Bonchev–Trinajstić information content (AvgIpc) is 3.24. The Hall–Kier alpha value is -2.70. The van der Waals surface area contributed by atoms with Crippen molar-refractivity contribution in [3.63, 3.8) is 0 Å². The predicted molar refractivity (Wildman–Crippen MR) is 77.1 cm³/mol. The molecule has 1 aliphatic rings. The molecule has 0 N–H and O–H groups in total. The number of hydrogen-bond acceptors (Lipinski definition) is 5. The molecule has 3 aromatic rings. The SMILES string of the molecule is O=C(c1cnco1)N1CCCC[C@H]1c1ccn2nccc2n1. The van der Waals surface area contributed by atoms with Crippen LogP contribution in [0.4, 0.5) is 0 Å². The Morgan fingerprint density at radius 1 is 1.32 bits per heavy atom. The summed E-state index contributed by atoms with van der Waals surface area (Å²) in [6, 6.07) is 3.75. The number of aromatic nitrogens is 4. The molecule has 0 aromatic carbocycles. The number of amides is 1. The van der Waals surface area contributed by atoms with Gasteiger partial charge in [-0.25, -0.2) is 14.5 Å². The molecular weight excluding hydrogens is 282 g/mol. The molecule has 7 heteroatoms. The first-order valence-electron chi connectivity index (χ1n) is 7.33. The van der Waals surface area contributed by atoms with Crippen LogP contribution in [0.3, 0.4) is 0 Å². The number of piperidine rings is 1. The minimum Gasteiger partial charge on any atom is -0.438 e. The second-order valence-corrected chi connectivity index (χ2v) is 5.36. The lowest BCUT2D eigenvalue weighted by molar-refractivity contribution is 0.0573. The zero-order chi connectivity index (χ0) is 14.9. The average molecular weight is 297 g/mol. The Kier molecular flexibility index (Phi) is 3.10. The van der Waals surface area contributed by atoms with Crippen LogP contribution in [0.15, 0.2) is 41.5 Å². The number of oxazole rings is 1. The zero-order valence-corrected chi connectivity index (χ0v) is 11.9. The van der Waals surface area contributed by atoms with Gasteiger partial charge in [0.2, 0.25) is 5.76 Å². The smallest absolute Gasteiger partial charge is 0.291 e. The first-order valence-corrected chi connectivity index (χ1v) is 7.33. The summed E-state index contributed by atoms with van der Waals surface area (Å²) in [6.07, 6.45) is 9.30. The van der Waals surface area contributed by atoms with Crippen LogP contribution in [0.25, 0.3) is 5.65 Å². The van der Waals surface area contributed by atoms with Gasteiger partial charge in [-0.2, -0.15) is 5.10 Å². The fourth-order valence-corrected chi connectivity index (χ4v) is 2.96. The lowest BCUT2D eigenvalue weighted by Gasteiger charge is -2.34. The molecule has 0 unspecified atom stereocenters. The lowest BCUT2D eigenvalue weighted by atomic mass is 9.98. The molecule has 4 heterocycles. The Morgan fingerprint density at radius 2 is 2.27 bits per heavy atom. The first kappa shape index (κ1) is 13.0. The van der Waals surface area contributed by atoms with Crippen molar-refractivity contribution in [1.82, 2.24) is 24.5 Å². The molecule has 1 atom stereocenters. The van der Waals surface area contributed by atoms with E-state index in [4.69, 9.17) is 4.42 Å². The maximum Gasteiger partial charge on any atom is 0.291 e. The molecule has 22 heavy (non-hydrogen) atoms. The van der Waals surface area contributed by atoms with Crippen molar-refractivity contribution in [3.8, 4) is 0 Å². The van der Waals surface area contributed by atoms with Crippen molar-refractivity contribution in [1.29, 1.82) is 0 Å². The van der Waals surface area contributed by atoms with Crippen LogP contribution < -0.4 is 0 Å². The van der Waals surface area contributed by atoms with E-state index < -0.39 is 0 Å². The van der Waals surface area contributed by atoms with E-state index in [2.05, 4.69) is 15.1 Å². The van der Waals surface area contributed by atoms with E-state index in [0.29, 0.717) is 6.54 Å². The summed E-state index contributed by atoms with van der Waals surface area (Å²) in [7, 11) is 0. The van der Waals surface area contributed by atoms with Crippen molar-refractivity contribution in [2.75, 3.05) is 6.54 Å². The summed E-state index contributed by atoms with van der Waals surface area (Å²) in [5, 5.41) is 4.15. The van der Waals surface area contributed by atoms with Gasteiger partial charge in [0.25, 0.3) is 5.91 Å². The Morgan fingerprint density at radius 3 is 3.14 bits per heavy atom. The highest BCUT2D eigenvalue weighted by Gasteiger charge is 2.31. The predicted octanol–water partition coefficient (Wildman–Crippen LogP) is 2.08. The minimum atomic E-state index is -0.127. The molecule has 1 saturated heterocycles. The summed E-state index contributed by atoms with van der Waals surface area (Å²) in [5.74, 6) is 0.148. The highest BCUT2D eigenvalue weighted by atomic mass is 16.3. The third kappa shape index (κ3) is 2.14. The molecule has 4 rings (SSSR count). The minimum absolute atomic E-state index is 0.0359. The summed E-state index contributed by atoms with van der Waals surface area (Å²) >= 11 is 0. The van der Waals surface area contributed by atoms with E-state index in [-0.39, 0.29) is 17.7 Å². The van der Waals surface area contributed by atoms with Crippen molar-refractivity contribution in [2.45, 2.75) is 25.3 Å². The quantitative estimate of drug-likeness (QED) is 0.724. The molecule has 0 bridgehead atoms. The lowest BCUT2D eigenvalue weighted by Crippen LogP contribution is -2.38.